The van der Waals surface area contributed by atoms with Gasteiger partial charge < -0.3 is 19.5 Å². The van der Waals surface area contributed by atoms with Crippen molar-refractivity contribution in [2.45, 2.75) is 6.17 Å². The molecular weight excluding hydrogens is 424 g/mol. The predicted molar refractivity (Wildman–Crippen MR) is 120 cm³/mol. The molecule has 2 aromatic carbocycles. The van der Waals surface area contributed by atoms with Crippen LogP contribution in [0, 0.1) is 0 Å². The van der Waals surface area contributed by atoms with E-state index >= 15 is 0 Å². The zero-order valence-electron chi connectivity index (χ0n) is 18.1. The molecule has 0 saturated carbocycles. The smallest absolute Gasteiger partial charge is 0.433 e. The van der Waals surface area contributed by atoms with Crippen LogP contribution in [0.4, 0.5) is 4.79 Å². The van der Waals surface area contributed by atoms with Gasteiger partial charge in [0.05, 0.1) is 19.8 Å². The molecule has 1 aliphatic heterocycles. The largest absolute Gasteiger partial charge is 0.493 e. The van der Waals surface area contributed by atoms with E-state index in [0.29, 0.717) is 33.9 Å². The van der Waals surface area contributed by atoms with Crippen LogP contribution in [0.25, 0.3) is 0 Å². The van der Waals surface area contributed by atoms with Crippen LogP contribution in [0.15, 0.2) is 78.2 Å². The van der Waals surface area contributed by atoms with Gasteiger partial charge in [-0.3, -0.25) is 9.78 Å². The Kier molecular flexibility index (Phi) is 6.49. The molecule has 1 aliphatic rings. The van der Waals surface area contributed by atoms with Crippen molar-refractivity contribution >= 4 is 17.7 Å². The molecule has 0 fully saturated rings. The van der Waals surface area contributed by atoms with Crippen LogP contribution in [0.2, 0.25) is 0 Å². The summed E-state index contributed by atoms with van der Waals surface area (Å²) in [6, 6.07) is 17.6. The lowest BCUT2D eigenvalue weighted by Crippen LogP contribution is -2.45. The van der Waals surface area contributed by atoms with Crippen LogP contribution in [-0.2, 0) is 4.74 Å². The quantitative estimate of drug-likeness (QED) is 0.597. The highest BCUT2D eigenvalue weighted by atomic mass is 16.6. The second kappa shape index (κ2) is 9.82. The third-order valence-electron chi connectivity index (χ3n) is 5.02. The van der Waals surface area contributed by atoms with Gasteiger partial charge in [-0.05, 0) is 35.9 Å². The number of carbonyl (C=O) groups is 2. The highest BCUT2D eigenvalue weighted by Gasteiger charge is 2.32. The summed E-state index contributed by atoms with van der Waals surface area (Å²) >= 11 is 0. The molecule has 1 atom stereocenters. The molecular formula is C24H22N4O5. The summed E-state index contributed by atoms with van der Waals surface area (Å²) < 4.78 is 16.1. The molecule has 0 spiro atoms. The molecule has 9 heteroatoms. The van der Waals surface area contributed by atoms with Crippen LogP contribution >= 0.6 is 0 Å². The van der Waals surface area contributed by atoms with E-state index in [2.05, 4.69) is 15.4 Å². The van der Waals surface area contributed by atoms with Gasteiger partial charge in [-0.15, -0.1) is 0 Å². The maximum absolute atomic E-state index is 12.9. The standard InChI is InChI=1S/C24H22N4O5/c1-31-20-11-10-17(13-21(20)32-2)19-15-33-24(30)28(27-19)22(16-7-4-3-5-8-16)26-23(29)18-9-6-12-25-14-18/h3-14,22H,15H2,1-2H3,(H,26,29). The van der Waals surface area contributed by atoms with Crippen molar-refractivity contribution in [2.75, 3.05) is 20.8 Å². The number of benzene rings is 2. The Morgan fingerprint density at radius 2 is 1.85 bits per heavy atom. The molecule has 9 nitrogen and oxygen atoms in total. The van der Waals surface area contributed by atoms with Crippen molar-refractivity contribution in [3.8, 4) is 11.5 Å². The molecule has 2 amide bonds. The minimum Gasteiger partial charge on any atom is -0.493 e. The lowest BCUT2D eigenvalue weighted by Gasteiger charge is -2.31. The fraction of sp³-hybridized carbons (Fsp3) is 0.167. The van der Waals surface area contributed by atoms with E-state index < -0.39 is 18.2 Å². The Bertz CT molecular complexity index is 1170. The van der Waals surface area contributed by atoms with Gasteiger partial charge in [-0.25, -0.2) is 4.79 Å². The van der Waals surface area contributed by atoms with E-state index in [9.17, 15) is 9.59 Å². The molecule has 1 N–H and O–H groups in total. The number of amides is 2. The summed E-state index contributed by atoms with van der Waals surface area (Å²) in [5.74, 6) is 0.682. The minimum absolute atomic E-state index is 0.0249. The summed E-state index contributed by atoms with van der Waals surface area (Å²) in [5.41, 5.74) is 2.19. The van der Waals surface area contributed by atoms with Gasteiger partial charge in [0.25, 0.3) is 5.91 Å². The maximum atomic E-state index is 12.9. The Balaban J connectivity index is 1.71. The summed E-state index contributed by atoms with van der Waals surface area (Å²) in [5, 5.41) is 8.52. The second-order valence-electron chi connectivity index (χ2n) is 7.04. The number of nitrogens with zero attached hydrogens (tertiary/aromatic N) is 3. The van der Waals surface area contributed by atoms with E-state index in [1.54, 1.807) is 55.8 Å². The summed E-state index contributed by atoms with van der Waals surface area (Å²) in [4.78, 5) is 29.6. The average Bonchev–Trinajstić information content (AvgIpc) is 2.88. The number of carbonyl (C=O) groups excluding carboxylic acids is 2. The average molecular weight is 446 g/mol. The first-order chi connectivity index (χ1) is 16.1. The molecule has 2 heterocycles. The molecule has 168 valence electrons. The van der Waals surface area contributed by atoms with Crippen molar-refractivity contribution in [1.82, 2.24) is 15.3 Å². The summed E-state index contributed by atoms with van der Waals surface area (Å²) in [6.45, 7) is -0.0249. The zero-order chi connectivity index (χ0) is 23.2. The number of methoxy groups -OCH3 is 2. The number of pyridine rings is 1. The van der Waals surface area contributed by atoms with Gasteiger partial charge in [-0.2, -0.15) is 10.1 Å². The van der Waals surface area contributed by atoms with Gasteiger partial charge in [0.2, 0.25) is 0 Å². The first-order valence-electron chi connectivity index (χ1n) is 10.1. The molecule has 33 heavy (non-hydrogen) atoms. The number of aromatic nitrogens is 1. The number of hydrogen-bond acceptors (Lipinski definition) is 7. The van der Waals surface area contributed by atoms with E-state index in [4.69, 9.17) is 14.2 Å². The molecule has 1 aromatic heterocycles. The van der Waals surface area contributed by atoms with Gasteiger partial charge in [0, 0.05) is 18.0 Å². The van der Waals surface area contributed by atoms with Crippen molar-refractivity contribution in [2.24, 2.45) is 5.10 Å². The van der Waals surface area contributed by atoms with Crippen molar-refractivity contribution in [3.63, 3.8) is 0 Å². The predicted octanol–water partition coefficient (Wildman–Crippen LogP) is 3.38. The lowest BCUT2D eigenvalue weighted by atomic mass is 10.1. The van der Waals surface area contributed by atoms with Crippen molar-refractivity contribution in [1.29, 1.82) is 0 Å². The fourth-order valence-corrected chi connectivity index (χ4v) is 3.34. The van der Waals surface area contributed by atoms with E-state index in [1.807, 2.05) is 18.2 Å². The molecule has 3 aromatic rings. The normalized spacial score (nSPS) is 14.1. The van der Waals surface area contributed by atoms with Crippen LogP contribution in [-0.4, -0.2) is 48.5 Å². The van der Waals surface area contributed by atoms with E-state index in [0.717, 1.165) is 5.01 Å². The number of hydrazone groups is 1. The van der Waals surface area contributed by atoms with E-state index in [1.165, 1.54) is 13.3 Å². The molecule has 0 saturated heterocycles. The van der Waals surface area contributed by atoms with Crippen molar-refractivity contribution < 1.29 is 23.8 Å². The first-order valence-corrected chi connectivity index (χ1v) is 10.1. The Morgan fingerprint density at radius 1 is 1.06 bits per heavy atom. The third kappa shape index (κ3) is 4.77. The van der Waals surface area contributed by atoms with Crippen LogP contribution in [0.3, 0.4) is 0 Å². The Hall–Kier alpha value is -4.40. The number of hydrogen-bond donors (Lipinski definition) is 1. The third-order valence-corrected chi connectivity index (χ3v) is 5.02. The van der Waals surface area contributed by atoms with Gasteiger partial charge in [0.15, 0.2) is 17.7 Å². The maximum Gasteiger partial charge on any atom is 0.433 e. The van der Waals surface area contributed by atoms with E-state index in [-0.39, 0.29) is 6.61 Å². The second-order valence-corrected chi connectivity index (χ2v) is 7.04. The summed E-state index contributed by atoms with van der Waals surface area (Å²) in [6.07, 6.45) is 1.44. The van der Waals surface area contributed by atoms with Crippen LogP contribution in [0.5, 0.6) is 11.5 Å². The number of ether oxygens (including phenoxy) is 3. The molecule has 4 rings (SSSR count). The van der Waals surface area contributed by atoms with Gasteiger partial charge in [0.1, 0.15) is 12.3 Å². The highest BCUT2D eigenvalue weighted by Crippen LogP contribution is 2.29. The lowest BCUT2D eigenvalue weighted by molar-refractivity contribution is 0.0701. The van der Waals surface area contributed by atoms with Crippen LogP contribution in [0.1, 0.15) is 27.7 Å². The monoisotopic (exact) mass is 446 g/mol. The number of cyclic esters (lactones) is 1. The fourth-order valence-electron chi connectivity index (χ4n) is 3.34. The molecule has 0 aliphatic carbocycles. The minimum atomic E-state index is -0.901. The van der Waals surface area contributed by atoms with Gasteiger partial charge in [-0.1, -0.05) is 30.3 Å². The zero-order valence-corrected chi connectivity index (χ0v) is 18.1. The Labute approximate surface area is 190 Å². The first kappa shape index (κ1) is 21.8. The van der Waals surface area contributed by atoms with Gasteiger partial charge >= 0.3 is 6.09 Å². The molecule has 0 bridgehead atoms. The summed E-state index contributed by atoms with van der Waals surface area (Å²) in [7, 11) is 3.09. The Morgan fingerprint density at radius 3 is 2.55 bits per heavy atom. The molecule has 0 radical (unpaired) electrons. The number of rotatable bonds is 7. The van der Waals surface area contributed by atoms with Crippen LogP contribution < -0.4 is 14.8 Å². The van der Waals surface area contributed by atoms with Crippen molar-refractivity contribution in [3.05, 3.63) is 89.7 Å². The number of nitrogens with one attached hydrogen (secondary N) is 1. The topological polar surface area (TPSA) is 102 Å². The molecule has 1 unspecified atom stereocenters. The highest BCUT2D eigenvalue weighted by molar-refractivity contribution is 6.04. The SMILES string of the molecule is COc1ccc(C2=NN(C(NC(=O)c3cccnc3)c3ccccc3)C(=O)OC2)cc1OC.